The molecule has 21 heavy (non-hydrogen) atoms. The number of aliphatic hydroxyl groups excluding tert-OH is 1. The Kier molecular flexibility index (Phi) is 6.81. The van der Waals surface area contributed by atoms with Crippen LogP contribution in [0.15, 0.2) is 18.2 Å². The normalized spacial score (nSPS) is 12.0. The molecule has 116 valence electrons. The van der Waals surface area contributed by atoms with Crippen LogP contribution in [0.25, 0.3) is 0 Å². The number of rotatable bonds is 8. The van der Waals surface area contributed by atoms with Gasteiger partial charge in [-0.2, -0.15) is 0 Å². The highest BCUT2D eigenvalue weighted by Crippen LogP contribution is 2.23. The van der Waals surface area contributed by atoms with Crippen LogP contribution in [-0.2, 0) is 0 Å². The van der Waals surface area contributed by atoms with E-state index >= 15 is 0 Å². The van der Waals surface area contributed by atoms with Gasteiger partial charge in [0, 0.05) is 18.7 Å². The van der Waals surface area contributed by atoms with Gasteiger partial charge in [0.25, 0.3) is 11.6 Å². The summed E-state index contributed by atoms with van der Waals surface area (Å²) in [5.41, 5.74) is 0.400. The highest BCUT2D eigenvalue weighted by Gasteiger charge is 2.22. The Hall–Kier alpha value is -1.95. The lowest BCUT2D eigenvalue weighted by Crippen LogP contribution is -2.30. The van der Waals surface area contributed by atoms with E-state index in [1.165, 1.54) is 6.07 Å². The number of aryl methyl sites for hydroxylation is 1. The first-order valence-corrected chi connectivity index (χ1v) is 7.14. The average molecular weight is 294 g/mol. The van der Waals surface area contributed by atoms with Crippen molar-refractivity contribution in [1.29, 1.82) is 0 Å². The number of carbonyl (C=O) groups is 1. The van der Waals surface area contributed by atoms with Crippen molar-refractivity contribution in [3.05, 3.63) is 39.4 Å². The summed E-state index contributed by atoms with van der Waals surface area (Å²) >= 11 is 0. The smallest absolute Gasteiger partial charge is 0.285 e. The third-order valence-corrected chi connectivity index (χ3v) is 3.45. The standard InChI is InChI=1S/C15H22N2O4/c1-3-5-12(8-9-18)10-16-15(19)13-7-4-6-11(2)14(13)17(20)21/h4,6-7,12,18H,3,5,8-10H2,1-2H3,(H,16,19). The number of hydrogen-bond acceptors (Lipinski definition) is 4. The number of hydrogen-bond donors (Lipinski definition) is 2. The predicted molar refractivity (Wildman–Crippen MR) is 80.3 cm³/mol. The lowest BCUT2D eigenvalue weighted by atomic mass is 10.00. The number of aliphatic hydroxyl groups is 1. The van der Waals surface area contributed by atoms with Gasteiger partial charge in [0.15, 0.2) is 0 Å². The molecule has 1 unspecified atom stereocenters. The largest absolute Gasteiger partial charge is 0.396 e. The summed E-state index contributed by atoms with van der Waals surface area (Å²) in [6.45, 7) is 4.14. The highest BCUT2D eigenvalue weighted by atomic mass is 16.6. The first-order valence-electron chi connectivity index (χ1n) is 7.14. The van der Waals surface area contributed by atoms with Crippen molar-refractivity contribution in [1.82, 2.24) is 5.32 Å². The molecule has 0 saturated heterocycles. The fraction of sp³-hybridized carbons (Fsp3) is 0.533. The molecule has 0 fully saturated rings. The molecule has 0 heterocycles. The third-order valence-electron chi connectivity index (χ3n) is 3.45. The molecule has 1 amide bonds. The van der Waals surface area contributed by atoms with Gasteiger partial charge in [-0.05, 0) is 31.7 Å². The Balaban J connectivity index is 2.80. The minimum absolute atomic E-state index is 0.0745. The van der Waals surface area contributed by atoms with Crippen LogP contribution in [0.5, 0.6) is 0 Å². The molecule has 1 aromatic rings. The van der Waals surface area contributed by atoms with Crippen molar-refractivity contribution < 1.29 is 14.8 Å². The van der Waals surface area contributed by atoms with Crippen molar-refractivity contribution >= 4 is 11.6 Å². The molecule has 0 aliphatic carbocycles. The maximum atomic E-state index is 12.2. The molecular formula is C15H22N2O4. The molecule has 1 rings (SSSR count). The highest BCUT2D eigenvalue weighted by molar-refractivity contribution is 5.98. The van der Waals surface area contributed by atoms with Gasteiger partial charge < -0.3 is 10.4 Å². The number of nitro benzene ring substituents is 1. The van der Waals surface area contributed by atoms with Crippen molar-refractivity contribution in [2.24, 2.45) is 5.92 Å². The van der Waals surface area contributed by atoms with Gasteiger partial charge in [-0.3, -0.25) is 14.9 Å². The molecular weight excluding hydrogens is 272 g/mol. The lowest BCUT2D eigenvalue weighted by Gasteiger charge is -2.15. The van der Waals surface area contributed by atoms with Gasteiger partial charge in [0.1, 0.15) is 5.56 Å². The summed E-state index contributed by atoms with van der Waals surface area (Å²) in [6.07, 6.45) is 2.48. The fourth-order valence-corrected chi connectivity index (χ4v) is 2.36. The van der Waals surface area contributed by atoms with Crippen molar-refractivity contribution in [2.45, 2.75) is 33.1 Å². The van der Waals surface area contributed by atoms with E-state index in [9.17, 15) is 14.9 Å². The Morgan fingerprint density at radius 1 is 1.43 bits per heavy atom. The van der Waals surface area contributed by atoms with E-state index in [4.69, 9.17) is 5.11 Å². The molecule has 6 heteroatoms. The first kappa shape index (κ1) is 17.1. The average Bonchev–Trinajstić information content (AvgIpc) is 2.44. The van der Waals surface area contributed by atoms with Crippen LogP contribution >= 0.6 is 0 Å². The summed E-state index contributed by atoms with van der Waals surface area (Å²) in [6, 6.07) is 4.70. The molecule has 6 nitrogen and oxygen atoms in total. The molecule has 0 aliphatic rings. The first-order chi connectivity index (χ1) is 10.0. The molecule has 2 N–H and O–H groups in total. The second kappa shape index (κ2) is 8.36. The number of carbonyl (C=O) groups excluding carboxylic acids is 1. The second-order valence-electron chi connectivity index (χ2n) is 5.11. The van der Waals surface area contributed by atoms with E-state index in [-0.39, 0.29) is 23.8 Å². The van der Waals surface area contributed by atoms with Gasteiger partial charge >= 0.3 is 0 Å². The van der Waals surface area contributed by atoms with Crippen LogP contribution in [0.3, 0.4) is 0 Å². The summed E-state index contributed by atoms with van der Waals surface area (Å²) in [7, 11) is 0. The van der Waals surface area contributed by atoms with E-state index in [2.05, 4.69) is 5.32 Å². The quantitative estimate of drug-likeness (QED) is 0.569. The topological polar surface area (TPSA) is 92.5 Å². The van der Waals surface area contributed by atoms with E-state index in [0.29, 0.717) is 18.5 Å². The van der Waals surface area contributed by atoms with E-state index in [1.807, 2.05) is 6.92 Å². The van der Waals surface area contributed by atoms with Crippen LogP contribution in [-0.4, -0.2) is 29.1 Å². The van der Waals surface area contributed by atoms with E-state index in [0.717, 1.165) is 12.8 Å². The van der Waals surface area contributed by atoms with Gasteiger partial charge in [-0.15, -0.1) is 0 Å². The minimum Gasteiger partial charge on any atom is -0.396 e. The van der Waals surface area contributed by atoms with Gasteiger partial charge in [0.05, 0.1) is 4.92 Å². The lowest BCUT2D eigenvalue weighted by molar-refractivity contribution is -0.385. The summed E-state index contributed by atoms with van der Waals surface area (Å²) in [4.78, 5) is 22.7. The van der Waals surface area contributed by atoms with E-state index in [1.54, 1.807) is 19.1 Å². The molecule has 0 radical (unpaired) electrons. The molecule has 0 bridgehead atoms. The molecule has 1 atom stereocenters. The van der Waals surface area contributed by atoms with Crippen molar-refractivity contribution in [3.63, 3.8) is 0 Å². The molecule has 1 aromatic carbocycles. The number of nitrogens with zero attached hydrogens (tertiary/aromatic N) is 1. The Labute approximate surface area is 124 Å². The monoisotopic (exact) mass is 294 g/mol. The fourth-order valence-electron chi connectivity index (χ4n) is 2.36. The zero-order chi connectivity index (χ0) is 15.8. The van der Waals surface area contributed by atoms with Crippen molar-refractivity contribution in [3.8, 4) is 0 Å². The SMILES string of the molecule is CCCC(CCO)CNC(=O)c1cccc(C)c1[N+](=O)[O-]. The van der Waals surface area contributed by atoms with Crippen LogP contribution in [0.4, 0.5) is 5.69 Å². The Bertz CT molecular complexity index is 496. The van der Waals surface area contributed by atoms with E-state index < -0.39 is 10.8 Å². The maximum Gasteiger partial charge on any atom is 0.285 e. The van der Waals surface area contributed by atoms with Crippen molar-refractivity contribution in [2.75, 3.05) is 13.2 Å². The minimum atomic E-state index is -0.526. The van der Waals surface area contributed by atoms with Gasteiger partial charge in [-0.25, -0.2) is 0 Å². The second-order valence-corrected chi connectivity index (χ2v) is 5.11. The van der Waals surface area contributed by atoms with Crippen LogP contribution in [0, 0.1) is 23.0 Å². The molecule has 0 aromatic heterocycles. The number of nitrogens with one attached hydrogen (secondary N) is 1. The third kappa shape index (κ3) is 4.82. The van der Waals surface area contributed by atoms with Gasteiger partial charge in [-0.1, -0.05) is 25.5 Å². The summed E-state index contributed by atoms with van der Waals surface area (Å²) < 4.78 is 0. The van der Waals surface area contributed by atoms with Crippen LogP contribution < -0.4 is 5.32 Å². The summed E-state index contributed by atoms with van der Waals surface area (Å²) in [5.74, 6) is -0.253. The Morgan fingerprint density at radius 2 is 2.14 bits per heavy atom. The molecule has 0 spiro atoms. The number of benzene rings is 1. The van der Waals surface area contributed by atoms with Crippen LogP contribution in [0.2, 0.25) is 0 Å². The Morgan fingerprint density at radius 3 is 2.71 bits per heavy atom. The number of nitro groups is 1. The van der Waals surface area contributed by atoms with Gasteiger partial charge in [0.2, 0.25) is 0 Å². The number of para-hydroxylation sites is 1. The molecule has 0 aliphatic heterocycles. The predicted octanol–water partition coefficient (Wildman–Crippen LogP) is 2.43. The maximum absolute atomic E-state index is 12.2. The number of amides is 1. The zero-order valence-corrected chi connectivity index (χ0v) is 12.5. The molecule has 0 saturated carbocycles. The van der Waals surface area contributed by atoms with Crippen LogP contribution in [0.1, 0.15) is 42.1 Å². The summed E-state index contributed by atoms with van der Waals surface area (Å²) in [5, 5.41) is 22.8. The zero-order valence-electron chi connectivity index (χ0n) is 12.5.